The number of fused-ring (bicyclic) bond motifs is 1. The van der Waals surface area contributed by atoms with Crippen LogP contribution in [0.15, 0.2) is 23.0 Å². The number of aryl methyl sites for hydroxylation is 1. The average Bonchev–Trinajstić information content (AvgIpc) is 2.79. The Bertz CT molecular complexity index is 1180. The Morgan fingerprint density at radius 1 is 1.33 bits per heavy atom. The zero-order valence-electron chi connectivity index (χ0n) is 18.5. The zero-order valence-corrected chi connectivity index (χ0v) is 18.5. The molecule has 4 rings (SSSR count). The number of carbonyl (C=O) groups is 2. The minimum atomic E-state index is -1.07. The van der Waals surface area contributed by atoms with Crippen molar-refractivity contribution in [3.63, 3.8) is 0 Å². The van der Waals surface area contributed by atoms with Crippen molar-refractivity contribution in [3.8, 4) is 0 Å². The van der Waals surface area contributed by atoms with Gasteiger partial charge in [-0.1, -0.05) is 13.0 Å². The number of hydrogen-bond donors (Lipinski definition) is 3. The topological polar surface area (TPSA) is 150 Å². The van der Waals surface area contributed by atoms with E-state index in [1.165, 1.54) is 18.2 Å². The van der Waals surface area contributed by atoms with Crippen LogP contribution in [-0.4, -0.2) is 39.3 Å². The molecule has 0 spiro atoms. The van der Waals surface area contributed by atoms with Gasteiger partial charge < -0.3 is 15.5 Å². The number of nitro groups is 1. The summed E-state index contributed by atoms with van der Waals surface area (Å²) in [7, 11) is 0. The molecular weight excluding hydrogens is 428 g/mol. The lowest BCUT2D eigenvalue weighted by Crippen LogP contribution is -2.43. The number of nitrogens with one attached hydrogen (secondary N) is 3. The van der Waals surface area contributed by atoms with Gasteiger partial charge in [0.1, 0.15) is 5.82 Å². The summed E-state index contributed by atoms with van der Waals surface area (Å²) in [5.41, 5.74) is 0.139. The fourth-order valence-corrected chi connectivity index (χ4v) is 4.54. The Morgan fingerprint density at radius 2 is 2.12 bits per heavy atom. The van der Waals surface area contributed by atoms with E-state index in [0.29, 0.717) is 11.5 Å². The van der Waals surface area contributed by atoms with Crippen molar-refractivity contribution in [1.29, 1.82) is 0 Å². The molecule has 2 unspecified atom stereocenters. The fraction of sp³-hybridized carbons (Fsp3) is 0.455. The van der Waals surface area contributed by atoms with Crippen molar-refractivity contribution in [1.82, 2.24) is 9.97 Å². The first-order valence-electron chi connectivity index (χ1n) is 11.0. The highest BCUT2D eigenvalue weighted by Gasteiger charge is 2.36. The number of aromatic amines is 1. The van der Waals surface area contributed by atoms with Crippen LogP contribution in [0.3, 0.4) is 0 Å². The van der Waals surface area contributed by atoms with Gasteiger partial charge in [0.25, 0.3) is 11.2 Å². The predicted octanol–water partition coefficient (Wildman–Crippen LogP) is 2.82. The van der Waals surface area contributed by atoms with Gasteiger partial charge >= 0.3 is 0 Å². The third-order valence-corrected chi connectivity index (χ3v) is 6.30. The van der Waals surface area contributed by atoms with Crippen LogP contribution in [-0.2, 0) is 9.59 Å². The Kier molecular flexibility index (Phi) is 6.12. The lowest BCUT2D eigenvalue weighted by Gasteiger charge is -2.36. The number of nitro benzene ring substituents is 1. The van der Waals surface area contributed by atoms with Crippen molar-refractivity contribution in [2.75, 3.05) is 22.1 Å². The average molecular weight is 454 g/mol. The minimum Gasteiger partial charge on any atom is -0.339 e. The summed E-state index contributed by atoms with van der Waals surface area (Å²) >= 11 is 0. The van der Waals surface area contributed by atoms with Gasteiger partial charge in [0.05, 0.1) is 16.4 Å². The molecule has 1 fully saturated rings. The second-order valence-corrected chi connectivity index (χ2v) is 8.46. The molecule has 2 amide bonds. The standard InChI is InChI=1S/C22H26N6O5/c1-3-14-6-4-5-9-27(14)22-25-19-18(21(31)26-22)15(11-17(29)24-19)20(30)23-13-8-7-12(2)16(10-13)28(32)33/h7-8,10,14-15H,3-6,9,11H2,1-2H3,(H,23,30)(H2,24,25,26,29,31). The molecule has 0 bridgehead atoms. The first-order valence-corrected chi connectivity index (χ1v) is 11.0. The summed E-state index contributed by atoms with van der Waals surface area (Å²) in [5.74, 6) is -1.62. The molecule has 3 heterocycles. The molecule has 2 aliphatic heterocycles. The molecule has 33 heavy (non-hydrogen) atoms. The van der Waals surface area contributed by atoms with Crippen molar-refractivity contribution in [3.05, 3.63) is 49.8 Å². The van der Waals surface area contributed by atoms with Gasteiger partial charge in [0.2, 0.25) is 17.8 Å². The van der Waals surface area contributed by atoms with E-state index < -0.39 is 28.2 Å². The van der Waals surface area contributed by atoms with Crippen LogP contribution >= 0.6 is 0 Å². The van der Waals surface area contributed by atoms with Gasteiger partial charge in [-0.05, 0) is 38.7 Å². The van der Waals surface area contributed by atoms with E-state index in [1.54, 1.807) is 6.92 Å². The predicted molar refractivity (Wildman–Crippen MR) is 123 cm³/mol. The molecule has 2 atom stereocenters. The van der Waals surface area contributed by atoms with Crippen LogP contribution in [0.5, 0.6) is 0 Å². The van der Waals surface area contributed by atoms with E-state index in [1.807, 2.05) is 4.90 Å². The quantitative estimate of drug-likeness (QED) is 0.464. The summed E-state index contributed by atoms with van der Waals surface area (Å²) < 4.78 is 0. The first kappa shape index (κ1) is 22.4. The smallest absolute Gasteiger partial charge is 0.274 e. The third kappa shape index (κ3) is 4.43. The van der Waals surface area contributed by atoms with Gasteiger partial charge in [-0.25, -0.2) is 0 Å². The van der Waals surface area contributed by atoms with E-state index in [9.17, 15) is 24.5 Å². The van der Waals surface area contributed by atoms with Crippen LogP contribution in [0.1, 0.15) is 56.1 Å². The number of benzene rings is 1. The van der Waals surface area contributed by atoms with Crippen LogP contribution in [0.25, 0.3) is 0 Å². The van der Waals surface area contributed by atoms with Gasteiger partial charge in [-0.15, -0.1) is 0 Å². The highest BCUT2D eigenvalue weighted by molar-refractivity contribution is 6.04. The number of piperidine rings is 1. The molecule has 11 heteroatoms. The molecule has 3 N–H and O–H groups in total. The maximum atomic E-state index is 13.0. The number of hydrogen-bond acceptors (Lipinski definition) is 7. The lowest BCUT2D eigenvalue weighted by molar-refractivity contribution is -0.385. The molecule has 1 aromatic carbocycles. The van der Waals surface area contributed by atoms with Gasteiger partial charge in [-0.2, -0.15) is 4.98 Å². The Balaban J connectivity index is 1.65. The van der Waals surface area contributed by atoms with E-state index in [0.717, 1.165) is 32.2 Å². The second kappa shape index (κ2) is 9.00. The first-order chi connectivity index (χ1) is 15.8. The molecule has 2 aliphatic rings. The molecule has 174 valence electrons. The van der Waals surface area contributed by atoms with Crippen molar-refractivity contribution in [2.45, 2.75) is 57.9 Å². The van der Waals surface area contributed by atoms with Gasteiger partial charge in [0.15, 0.2) is 0 Å². The molecule has 0 radical (unpaired) electrons. The molecule has 1 saturated heterocycles. The summed E-state index contributed by atoms with van der Waals surface area (Å²) in [6.07, 6.45) is 3.77. The normalized spacial score (nSPS) is 20.1. The summed E-state index contributed by atoms with van der Waals surface area (Å²) in [4.78, 5) is 58.4. The number of nitrogens with zero attached hydrogens (tertiary/aromatic N) is 3. The number of amides is 2. The molecule has 11 nitrogen and oxygen atoms in total. The third-order valence-electron chi connectivity index (χ3n) is 6.30. The molecular formula is C22H26N6O5. The Hall–Kier alpha value is -3.76. The van der Waals surface area contributed by atoms with Crippen LogP contribution < -0.4 is 21.1 Å². The molecule has 2 aromatic rings. The number of anilines is 3. The second-order valence-electron chi connectivity index (χ2n) is 8.46. The van der Waals surface area contributed by atoms with E-state index in [4.69, 9.17) is 0 Å². The zero-order chi connectivity index (χ0) is 23.7. The largest absolute Gasteiger partial charge is 0.339 e. The number of H-pyrrole nitrogens is 1. The molecule has 1 aromatic heterocycles. The summed E-state index contributed by atoms with van der Waals surface area (Å²) in [5, 5.41) is 16.4. The van der Waals surface area contributed by atoms with Gasteiger partial charge in [-0.3, -0.25) is 29.5 Å². The Labute approximate surface area is 189 Å². The van der Waals surface area contributed by atoms with Crippen LogP contribution in [0.4, 0.5) is 23.1 Å². The number of rotatable bonds is 5. The maximum Gasteiger partial charge on any atom is 0.274 e. The molecule has 0 aliphatic carbocycles. The highest BCUT2D eigenvalue weighted by atomic mass is 16.6. The minimum absolute atomic E-state index is 0.0838. The SMILES string of the molecule is CCC1CCCCN1c1nc2c(c(=O)[nH]1)C(C(=O)Nc1ccc(C)c([N+](=O)[O-])c1)CC(=O)N2. The van der Waals surface area contributed by atoms with Crippen LogP contribution in [0.2, 0.25) is 0 Å². The van der Waals surface area contributed by atoms with Crippen molar-refractivity contribution >= 4 is 35.0 Å². The summed E-state index contributed by atoms with van der Waals surface area (Å²) in [6.45, 7) is 4.43. The van der Waals surface area contributed by atoms with E-state index >= 15 is 0 Å². The molecule has 0 saturated carbocycles. The Morgan fingerprint density at radius 3 is 2.85 bits per heavy atom. The van der Waals surface area contributed by atoms with Crippen molar-refractivity contribution in [2.24, 2.45) is 0 Å². The highest BCUT2D eigenvalue weighted by Crippen LogP contribution is 2.32. The van der Waals surface area contributed by atoms with Crippen LogP contribution in [0, 0.1) is 17.0 Å². The van der Waals surface area contributed by atoms with Gasteiger partial charge in [0, 0.05) is 36.3 Å². The lowest BCUT2D eigenvalue weighted by atomic mass is 9.92. The van der Waals surface area contributed by atoms with E-state index in [2.05, 4.69) is 27.5 Å². The summed E-state index contributed by atoms with van der Waals surface area (Å²) in [6, 6.07) is 4.56. The van der Waals surface area contributed by atoms with Crippen molar-refractivity contribution < 1.29 is 14.5 Å². The maximum absolute atomic E-state index is 13.0. The monoisotopic (exact) mass is 454 g/mol. The fourth-order valence-electron chi connectivity index (χ4n) is 4.54. The number of aromatic nitrogens is 2. The number of carbonyl (C=O) groups excluding carboxylic acids is 2. The van der Waals surface area contributed by atoms with E-state index in [-0.39, 0.29) is 35.2 Å².